The summed E-state index contributed by atoms with van der Waals surface area (Å²) in [5, 5.41) is 23.3. The number of pyridine rings is 1. The first-order valence-electron chi connectivity index (χ1n) is 10.2. The monoisotopic (exact) mass is 472 g/mol. The van der Waals surface area contributed by atoms with Crippen LogP contribution in [0.25, 0.3) is 22.0 Å². The molecule has 5 rings (SSSR count). The lowest BCUT2D eigenvalue weighted by atomic mass is 9.98. The predicted octanol–water partition coefficient (Wildman–Crippen LogP) is 3.49. The smallest absolute Gasteiger partial charge is 0.248 e. The van der Waals surface area contributed by atoms with Crippen LogP contribution in [0, 0.1) is 11.6 Å². The molecule has 3 heterocycles. The van der Waals surface area contributed by atoms with Crippen molar-refractivity contribution in [1.29, 1.82) is 0 Å². The second-order valence-electron chi connectivity index (χ2n) is 7.94. The Morgan fingerprint density at radius 2 is 2.09 bits per heavy atom. The molecular weight excluding hydrogens is 454 g/mol. The number of piperazine rings is 1. The van der Waals surface area contributed by atoms with Crippen LogP contribution in [0.1, 0.15) is 0 Å². The van der Waals surface area contributed by atoms with Gasteiger partial charge >= 0.3 is 0 Å². The number of hydrogen-bond acceptors (Lipinski definition) is 6. The number of aliphatic hydroxyl groups is 1. The third-order valence-electron chi connectivity index (χ3n) is 6.11. The van der Waals surface area contributed by atoms with E-state index < -0.39 is 29.7 Å². The summed E-state index contributed by atoms with van der Waals surface area (Å²) in [6.07, 6.45) is 1.84. The SMILES string of the molecule is C=CC(O)N1CCN2c3c(cnc4c(F)c(-c5c(O)cccc5F)c(Cl)cc34)NC(=O)[C@H]2C1. The fourth-order valence-electron chi connectivity index (χ4n) is 4.54. The van der Waals surface area contributed by atoms with Crippen molar-refractivity contribution < 1.29 is 23.8 Å². The Morgan fingerprint density at radius 3 is 2.82 bits per heavy atom. The maximum Gasteiger partial charge on any atom is 0.248 e. The number of aromatic nitrogens is 1. The van der Waals surface area contributed by atoms with E-state index in [0.29, 0.717) is 29.9 Å². The Morgan fingerprint density at radius 1 is 1.30 bits per heavy atom. The molecule has 0 saturated carbocycles. The van der Waals surface area contributed by atoms with Crippen molar-refractivity contribution in [2.75, 3.05) is 29.9 Å². The second kappa shape index (κ2) is 7.95. The average Bonchev–Trinajstić information content (AvgIpc) is 2.79. The first kappa shape index (κ1) is 21.6. The number of carbonyl (C=O) groups excluding carboxylic acids is 1. The fraction of sp³-hybridized carbons (Fsp3) is 0.217. The number of hydrogen-bond donors (Lipinski definition) is 3. The minimum absolute atomic E-state index is 0.0701. The number of carbonyl (C=O) groups is 1. The Labute approximate surface area is 192 Å². The number of aromatic hydroxyl groups is 1. The van der Waals surface area contributed by atoms with E-state index in [1.807, 2.05) is 4.90 Å². The number of phenolic OH excluding ortho intramolecular Hbond substituents is 1. The standard InChI is InChI=1S/C23H19ClF2N4O3/c1-2-17(32)29-6-7-30-15(10-29)23(33)28-14-9-27-21-11(22(14)30)8-12(24)18(20(21)26)19-13(25)4-3-5-16(19)31/h2-5,8-9,15,17,31-32H,1,6-7,10H2,(H,28,33)/t15-,17?/m1/s1. The third kappa shape index (κ3) is 3.31. The quantitative estimate of drug-likeness (QED) is 0.506. The minimum atomic E-state index is -0.890. The molecule has 1 unspecified atom stereocenters. The number of nitrogens with zero attached hydrogens (tertiary/aromatic N) is 3. The van der Waals surface area contributed by atoms with Crippen LogP contribution in [-0.4, -0.2) is 57.9 Å². The minimum Gasteiger partial charge on any atom is -0.507 e. The van der Waals surface area contributed by atoms with Crippen molar-refractivity contribution in [3.8, 4) is 16.9 Å². The zero-order valence-corrected chi connectivity index (χ0v) is 18.0. The molecule has 3 N–H and O–H groups in total. The molecule has 0 bridgehead atoms. The highest BCUT2D eigenvalue weighted by molar-refractivity contribution is 6.34. The van der Waals surface area contributed by atoms with E-state index in [4.69, 9.17) is 11.6 Å². The van der Waals surface area contributed by atoms with Crippen molar-refractivity contribution in [3.05, 3.63) is 59.8 Å². The lowest BCUT2D eigenvalue weighted by Crippen LogP contribution is -2.61. The van der Waals surface area contributed by atoms with Gasteiger partial charge in [0.2, 0.25) is 5.91 Å². The molecule has 2 aromatic carbocycles. The summed E-state index contributed by atoms with van der Waals surface area (Å²) in [6, 6.07) is 4.49. The number of halogens is 3. The molecule has 0 radical (unpaired) electrons. The van der Waals surface area contributed by atoms with Gasteiger partial charge in [-0.2, -0.15) is 0 Å². The Bertz CT molecular complexity index is 1300. The number of phenols is 1. The van der Waals surface area contributed by atoms with Crippen molar-refractivity contribution in [3.63, 3.8) is 0 Å². The maximum atomic E-state index is 15.7. The van der Waals surface area contributed by atoms with Crippen LogP contribution in [0.4, 0.5) is 20.2 Å². The van der Waals surface area contributed by atoms with Gasteiger partial charge in [0.15, 0.2) is 5.82 Å². The van der Waals surface area contributed by atoms with E-state index in [9.17, 15) is 19.4 Å². The number of nitrogens with one attached hydrogen (secondary N) is 1. The highest BCUT2D eigenvalue weighted by atomic mass is 35.5. The van der Waals surface area contributed by atoms with E-state index in [1.165, 1.54) is 30.5 Å². The van der Waals surface area contributed by atoms with Crippen LogP contribution >= 0.6 is 11.6 Å². The summed E-state index contributed by atoms with van der Waals surface area (Å²) in [5.41, 5.74) is 0.238. The van der Waals surface area contributed by atoms with E-state index in [-0.39, 0.29) is 34.1 Å². The molecule has 1 aromatic heterocycles. The van der Waals surface area contributed by atoms with Gasteiger partial charge in [-0.25, -0.2) is 8.78 Å². The second-order valence-corrected chi connectivity index (χ2v) is 8.35. The molecule has 0 aliphatic carbocycles. The maximum absolute atomic E-state index is 15.7. The van der Waals surface area contributed by atoms with E-state index >= 15 is 4.39 Å². The molecule has 1 amide bonds. The van der Waals surface area contributed by atoms with Gasteiger partial charge in [-0.15, -0.1) is 0 Å². The lowest BCUT2D eigenvalue weighted by molar-refractivity contribution is -0.119. The molecule has 2 aliphatic rings. The van der Waals surface area contributed by atoms with Crippen LogP contribution in [0.3, 0.4) is 0 Å². The van der Waals surface area contributed by atoms with Crippen molar-refractivity contribution in [2.45, 2.75) is 12.3 Å². The summed E-state index contributed by atoms with van der Waals surface area (Å²) in [5.74, 6) is -2.42. The average molecular weight is 473 g/mol. The number of aliphatic hydroxyl groups excluding tert-OH is 1. The zero-order chi connectivity index (χ0) is 23.4. The summed E-state index contributed by atoms with van der Waals surface area (Å²) < 4.78 is 30.1. The molecule has 0 spiro atoms. The summed E-state index contributed by atoms with van der Waals surface area (Å²) in [6.45, 7) is 4.64. The third-order valence-corrected chi connectivity index (χ3v) is 6.41. The van der Waals surface area contributed by atoms with Crippen LogP contribution in [0.15, 0.2) is 43.1 Å². The molecule has 1 fully saturated rings. The highest BCUT2D eigenvalue weighted by Gasteiger charge is 2.40. The van der Waals surface area contributed by atoms with E-state index in [2.05, 4.69) is 16.9 Å². The molecule has 7 nitrogen and oxygen atoms in total. The molecule has 3 aromatic rings. The van der Waals surface area contributed by atoms with Gasteiger partial charge in [-0.05, 0) is 24.3 Å². The molecule has 2 atom stereocenters. The fourth-order valence-corrected chi connectivity index (χ4v) is 4.83. The molecule has 2 aliphatic heterocycles. The summed E-state index contributed by atoms with van der Waals surface area (Å²) in [4.78, 5) is 20.5. The van der Waals surface area contributed by atoms with Gasteiger partial charge in [0.1, 0.15) is 29.4 Å². The van der Waals surface area contributed by atoms with Gasteiger partial charge in [-0.3, -0.25) is 14.7 Å². The molecular formula is C23H19ClF2N4O3. The Kier molecular flexibility index (Phi) is 5.19. The van der Waals surface area contributed by atoms with Crippen LogP contribution in [0.5, 0.6) is 5.75 Å². The van der Waals surface area contributed by atoms with Gasteiger partial charge in [0.25, 0.3) is 0 Å². The van der Waals surface area contributed by atoms with Crippen molar-refractivity contribution >= 4 is 39.8 Å². The normalized spacial score (nSPS) is 19.1. The van der Waals surface area contributed by atoms with Crippen molar-refractivity contribution in [2.24, 2.45) is 0 Å². The topological polar surface area (TPSA) is 88.9 Å². The van der Waals surface area contributed by atoms with Crippen LogP contribution < -0.4 is 10.2 Å². The molecule has 10 heteroatoms. The van der Waals surface area contributed by atoms with E-state index in [1.54, 1.807) is 4.90 Å². The van der Waals surface area contributed by atoms with Gasteiger partial charge < -0.3 is 20.4 Å². The van der Waals surface area contributed by atoms with Gasteiger partial charge in [0, 0.05) is 30.6 Å². The van der Waals surface area contributed by atoms with Crippen LogP contribution in [-0.2, 0) is 4.79 Å². The highest BCUT2D eigenvalue weighted by Crippen LogP contribution is 2.45. The molecule has 33 heavy (non-hydrogen) atoms. The predicted molar refractivity (Wildman–Crippen MR) is 121 cm³/mol. The van der Waals surface area contributed by atoms with Gasteiger partial charge in [0.05, 0.1) is 28.2 Å². The Hall–Kier alpha value is -3.27. The van der Waals surface area contributed by atoms with Gasteiger partial charge in [-0.1, -0.05) is 24.2 Å². The number of fused-ring (bicyclic) bond motifs is 5. The van der Waals surface area contributed by atoms with E-state index in [0.717, 1.165) is 6.07 Å². The largest absolute Gasteiger partial charge is 0.507 e. The first-order chi connectivity index (χ1) is 15.8. The number of anilines is 2. The van der Waals surface area contributed by atoms with Crippen LogP contribution in [0.2, 0.25) is 5.02 Å². The Balaban J connectivity index is 1.68. The number of rotatable bonds is 3. The van der Waals surface area contributed by atoms with Crippen molar-refractivity contribution in [1.82, 2.24) is 9.88 Å². The zero-order valence-electron chi connectivity index (χ0n) is 17.2. The molecule has 170 valence electrons. The summed E-state index contributed by atoms with van der Waals surface area (Å²) >= 11 is 6.41. The number of benzene rings is 2. The summed E-state index contributed by atoms with van der Waals surface area (Å²) in [7, 11) is 0. The lowest BCUT2D eigenvalue weighted by Gasteiger charge is -2.46. The number of amides is 1. The first-order valence-corrected chi connectivity index (χ1v) is 10.6. The molecule has 1 saturated heterocycles.